The van der Waals surface area contributed by atoms with Gasteiger partial charge in [0.1, 0.15) is 0 Å². The van der Waals surface area contributed by atoms with Crippen molar-refractivity contribution >= 4 is 11.7 Å². The zero-order valence-corrected chi connectivity index (χ0v) is 11.8. The first kappa shape index (κ1) is 13.2. The third-order valence-corrected chi connectivity index (χ3v) is 4.21. The van der Waals surface area contributed by atoms with Gasteiger partial charge >= 0.3 is 0 Å². The van der Waals surface area contributed by atoms with Crippen molar-refractivity contribution in [2.45, 2.75) is 38.2 Å². The highest BCUT2D eigenvalue weighted by Gasteiger charge is 2.35. The van der Waals surface area contributed by atoms with Crippen LogP contribution >= 0.6 is 0 Å². The van der Waals surface area contributed by atoms with E-state index in [0.717, 1.165) is 24.2 Å². The van der Waals surface area contributed by atoms with Crippen LogP contribution in [0.1, 0.15) is 31.2 Å². The first-order chi connectivity index (χ1) is 9.75. The maximum absolute atomic E-state index is 12.4. The molecule has 0 saturated heterocycles. The smallest absolute Gasteiger partial charge is 0.271 e. The highest BCUT2D eigenvalue weighted by Crippen LogP contribution is 2.29. The van der Waals surface area contributed by atoms with E-state index in [1.165, 1.54) is 12.8 Å². The third-order valence-electron chi connectivity index (χ3n) is 4.21. The summed E-state index contributed by atoms with van der Waals surface area (Å²) in [6.07, 6.45) is 4.75. The van der Waals surface area contributed by atoms with Crippen molar-refractivity contribution in [3.8, 4) is 0 Å². The molecule has 1 heterocycles. The Balaban J connectivity index is 1.72. The van der Waals surface area contributed by atoms with E-state index in [-0.39, 0.29) is 5.91 Å². The van der Waals surface area contributed by atoms with Gasteiger partial charge in [-0.15, -0.1) is 0 Å². The number of rotatable bonds is 3. The molecule has 2 aliphatic rings. The van der Waals surface area contributed by atoms with Crippen LogP contribution in [-0.4, -0.2) is 29.8 Å². The summed E-state index contributed by atoms with van der Waals surface area (Å²) in [7, 11) is 1.82. The summed E-state index contributed by atoms with van der Waals surface area (Å²) in [5.41, 5.74) is 1.10. The lowest BCUT2D eigenvalue weighted by molar-refractivity contribution is -0.142. The molecule has 4 nitrogen and oxygen atoms in total. The monoisotopic (exact) mass is 272 g/mol. The Morgan fingerprint density at radius 1 is 1.25 bits per heavy atom. The van der Waals surface area contributed by atoms with E-state index in [4.69, 9.17) is 4.84 Å². The van der Waals surface area contributed by atoms with E-state index in [1.807, 2.05) is 37.4 Å². The normalized spacial score (nSPS) is 23.6. The Morgan fingerprint density at radius 3 is 2.65 bits per heavy atom. The number of hydrogen-bond acceptors (Lipinski definition) is 3. The second-order valence-corrected chi connectivity index (χ2v) is 5.61. The Hall–Kier alpha value is -1.84. The summed E-state index contributed by atoms with van der Waals surface area (Å²) in [5.74, 6) is 1.23. The zero-order chi connectivity index (χ0) is 13.9. The van der Waals surface area contributed by atoms with Crippen molar-refractivity contribution in [3.63, 3.8) is 0 Å². The van der Waals surface area contributed by atoms with E-state index in [1.54, 1.807) is 4.90 Å². The molecule has 3 rings (SSSR count). The number of nitrogens with zero attached hydrogens (tertiary/aromatic N) is 2. The molecule has 20 heavy (non-hydrogen) atoms. The van der Waals surface area contributed by atoms with Crippen LogP contribution in [0.5, 0.6) is 0 Å². The lowest BCUT2D eigenvalue weighted by Gasteiger charge is -2.30. The maximum Gasteiger partial charge on any atom is 0.271 e. The van der Waals surface area contributed by atoms with Crippen molar-refractivity contribution in [1.82, 2.24) is 4.90 Å². The Bertz CT molecular complexity index is 506. The molecule has 1 unspecified atom stereocenters. The topological polar surface area (TPSA) is 41.9 Å². The zero-order valence-electron chi connectivity index (χ0n) is 11.8. The second kappa shape index (κ2) is 5.65. The molecule has 4 heteroatoms. The minimum absolute atomic E-state index is 0.0192. The fraction of sp³-hybridized carbons (Fsp3) is 0.500. The Kier molecular flexibility index (Phi) is 3.72. The molecule has 1 aliphatic heterocycles. The number of likely N-dealkylation sites (N-methyl/N-ethyl adjacent to an activating group) is 1. The molecule has 0 radical (unpaired) electrons. The van der Waals surface area contributed by atoms with Gasteiger partial charge in [-0.2, -0.15) is 0 Å². The van der Waals surface area contributed by atoms with Gasteiger partial charge in [0.05, 0.1) is 0 Å². The molecule has 1 aliphatic carbocycles. The van der Waals surface area contributed by atoms with Crippen LogP contribution in [0.25, 0.3) is 0 Å². The average Bonchev–Trinajstić information content (AvgIpc) is 2.99. The molecule has 1 fully saturated rings. The van der Waals surface area contributed by atoms with E-state index in [9.17, 15) is 4.79 Å². The summed E-state index contributed by atoms with van der Waals surface area (Å²) in [6.45, 7) is 0. The molecule has 1 aromatic rings. The molecular formula is C16H20N2O2. The summed E-state index contributed by atoms with van der Waals surface area (Å²) < 4.78 is 0. The van der Waals surface area contributed by atoms with Gasteiger partial charge in [0.15, 0.2) is 5.84 Å². The standard InChI is InChI=1S/C16H20N2O2/c1-18-15(13-9-5-6-10-13)17-20-14(16(18)19)11-12-7-3-2-4-8-12/h2-4,7-8,13-14H,5-6,9-11H2,1H3. The fourth-order valence-corrected chi connectivity index (χ4v) is 3.04. The highest BCUT2D eigenvalue weighted by molar-refractivity contribution is 6.01. The summed E-state index contributed by atoms with van der Waals surface area (Å²) in [6, 6.07) is 9.92. The number of benzene rings is 1. The molecule has 0 aromatic heterocycles. The Labute approximate surface area is 119 Å². The number of carbonyl (C=O) groups is 1. The van der Waals surface area contributed by atoms with Gasteiger partial charge in [0.2, 0.25) is 6.10 Å². The van der Waals surface area contributed by atoms with Crippen LogP contribution in [0.15, 0.2) is 35.5 Å². The van der Waals surface area contributed by atoms with Gasteiger partial charge in [-0.1, -0.05) is 48.3 Å². The largest absolute Gasteiger partial charge is 0.380 e. The average molecular weight is 272 g/mol. The van der Waals surface area contributed by atoms with E-state index >= 15 is 0 Å². The molecule has 106 valence electrons. The van der Waals surface area contributed by atoms with Gasteiger partial charge in [-0.25, -0.2) is 0 Å². The number of amides is 1. The third kappa shape index (κ3) is 2.55. The van der Waals surface area contributed by atoms with E-state index in [0.29, 0.717) is 12.3 Å². The van der Waals surface area contributed by atoms with Gasteiger partial charge in [0, 0.05) is 19.4 Å². The Morgan fingerprint density at radius 2 is 1.95 bits per heavy atom. The SMILES string of the molecule is CN1C(=O)C(Cc2ccccc2)ON=C1C1CCCC1. The molecule has 1 amide bonds. The predicted molar refractivity (Wildman–Crippen MR) is 77.2 cm³/mol. The van der Waals surface area contributed by atoms with Gasteiger partial charge in [-0.05, 0) is 18.4 Å². The number of oxime groups is 1. The van der Waals surface area contributed by atoms with Crippen LogP contribution < -0.4 is 0 Å². The molecule has 1 atom stereocenters. The molecule has 1 saturated carbocycles. The van der Waals surface area contributed by atoms with Crippen LogP contribution in [0.4, 0.5) is 0 Å². The van der Waals surface area contributed by atoms with Crippen LogP contribution in [0, 0.1) is 5.92 Å². The van der Waals surface area contributed by atoms with Gasteiger partial charge in [0.25, 0.3) is 5.91 Å². The van der Waals surface area contributed by atoms with Crippen molar-refractivity contribution in [2.75, 3.05) is 7.05 Å². The highest BCUT2D eigenvalue weighted by atomic mass is 16.6. The van der Waals surface area contributed by atoms with Crippen LogP contribution in [-0.2, 0) is 16.1 Å². The van der Waals surface area contributed by atoms with Crippen molar-refractivity contribution < 1.29 is 9.63 Å². The molecule has 0 bridgehead atoms. The minimum Gasteiger partial charge on any atom is -0.380 e. The number of amidine groups is 1. The number of hydrogen-bond donors (Lipinski definition) is 0. The van der Waals surface area contributed by atoms with Crippen molar-refractivity contribution in [3.05, 3.63) is 35.9 Å². The lowest BCUT2D eigenvalue weighted by Crippen LogP contribution is -2.48. The maximum atomic E-state index is 12.4. The van der Waals surface area contributed by atoms with Crippen molar-refractivity contribution in [1.29, 1.82) is 0 Å². The fourth-order valence-electron chi connectivity index (χ4n) is 3.04. The first-order valence-electron chi connectivity index (χ1n) is 7.31. The van der Waals surface area contributed by atoms with Crippen LogP contribution in [0.2, 0.25) is 0 Å². The van der Waals surface area contributed by atoms with E-state index in [2.05, 4.69) is 5.16 Å². The minimum atomic E-state index is -0.493. The number of carbonyl (C=O) groups excluding carboxylic acids is 1. The summed E-state index contributed by atoms with van der Waals surface area (Å²) >= 11 is 0. The quantitative estimate of drug-likeness (QED) is 0.848. The molecule has 0 spiro atoms. The van der Waals surface area contributed by atoms with E-state index < -0.39 is 6.10 Å². The van der Waals surface area contributed by atoms with Crippen molar-refractivity contribution in [2.24, 2.45) is 11.1 Å². The first-order valence-corrected chi connectivity index (χ1v) is 7.31. The van der Waals surface area contributed by atoms with Crippen LogP contribution in [0.3, 0.4) is 0 Å². The predicted octanol–water partition coefficient (Wildman–Crippen LogP) is 2.59. The lowest BCUT2D eigenvalue weighted by atomic mass is 10.0. The molecular weight excluding hydrogens is 252 g/mol. The second-order valence-electron chi connectivity index (χ2n) is 5.61. The summed E-state index contributed by atoms with van der Waals surface area (Å²) in [5, 5.41) is 4.24. The molecule has 0 N–H and O–H groups in total. The van der Waals surface area contributed by atoms with Gasteiger partial charge in [-0.3, -0.25) is 9.69 Å². The van der Waals surface area contributed by atoms with Gasteiger partial charge < -0.3 is 4.84 Å². The molecule has 1 aromatic carbocycles. The summed E-state index contributed by atoms with van der Waals surface area (Å²) in [4.78, 5) is 19.6.